The molecule has 2 N–H and O–H groups in total. The maximum Gasteiger partial charge on any atom is 0.0614 e. The van der Waals surface area contributed by atoms with Gasteiger partial charge in [0.25, 0.3) is 0 Å². The van der Waals surface area contributed by atoms with E-state index in [1.54, 1.807) is 0 Å². The number of hydrogen-bond donors (Lipinski definition) is 1. The van der Waals surface area contributed by atoms with Crippen LogP contribution < -0.4 is 5.73 Å². The highest BCUT2D eigenvalue weighted by atomic mass is 35.5. The molecule has 0 saturated carbocycles. The van der Waals surface area contributed by atoms with Gasteiger partial charge >= 0.3 is 0 Å². The van der Waals surface area contributed by atoms with Crippen molar-refractivity contribution in [1.82, 2.24) is 0 Å². The highest BCUT2D eigenvalue weighted by Gasteiger charge is 1.95. The lowest BCUT2D eigenvalue weighted by Crippen LogP contribution is -2.22. The molecule has 10 heavy (non-hydrogen) atoms. The molecule has 0 amide bonds. The lowest BCUT2D eigenvalue weighted by Gasteiger charge is -2.08. The Bertz CT molecular complexity index is 58.6. The maximum atomic E-state index is 5.45. The van der Waals surface area contributed by atoms with Crippen molar-refractivity contribution >= 4 is 12.4 Å². The molecule has 0 aliphatic carbocycles. The first-order valence-electron chi connectivity index (χ1n) is 3.46. The van der Waals surface area contributed by atoms with Crippen LogP contribution in [0, 0.1) is 5.92 Å². The molecule has 0 aliphatic rings. The molecule has 0 aliphatic heterocycles. The largest absolute Gasteiger partial charge is 0.380 e. The summed E-state index contributed by atoms with van der Waals surface area (Å²) < 4.78 is 5.23. The van der Waals surface area contributed by atoms with E-state index in [4.69, 9.17) is 10.5 Å². The lowest BCUT2D eigenvalue weighted by molar-refractivity contribution is 0.101. The van der Waals surface area contributed by atoms with Crippen molar-refractivity contribution in [3.05, 3.63) is 0 Å². The van der Waals surface area contributed by atoms with Gasteiger partial charge in [-0.3, -0.25) is 0 Å². The quantitative estimate of drug-likeness (QED) is 0.688. The van der Waals surface area contributed by atoms with Crippen LogP contribution in [0.3, 0.4) is 0 Å². The second kappa shape index (κ2) is 7.32. The minimum Gasteiger partial charge on any atom is -0.380 e. The van der Waals surface area contributed by atoms with Crippen molar-refractivity contribution in [2.45, 2.75) is 26.8 Å². The van der Waals surface area contributed by atoms with Gasteiger partial charge in [-0.05, 0) is 12.8 Å². The Labute approximate surface area is 69.5 Å². The molecule has 3 heteroatoms. The molecule has 0 aromatic heterocycles. The summed E-state index contributed by atoms with van der Waals surface area (Å²) in [5, 5.41) is 0. The molecule has 2 nitrogen and oxygen atoms in total. The fourth-order valence-electron chi connectivity index (χ4n) is 0.490. The van der Waals surface area contributed by atoms with Crippen molar-refractivity contribution in [2.24, 2.45) is 11.7 Å². The Kier molecular flexibility index (Phi) is 9.40. The lowest BCUT2D eigenvalue weighted by atomic mass is 10.2. The number of halogens is 1. The number of rotatable bonds is 4. The zero-order valence-electron chi connectivity index (χ0n) is 6.96. The topological polar surface area (TPSA) is 35.2 Å². The zero-order chi connectivity index (χ0) is 7.28. The summed E-state index contributed by atoms with van der Waals surface area (Å²) in [6, 6.07) is 0.170. The minimum absolute atomic E-state index is 0. The van der Waals surface area contributed by atoms with Gasteiger partial charge in [-0.1, -0.05) is 13.8 Å². The summed E-state index contributed by atoms with van der Waals surface area (Å²) in [4.78, 5) is 0. The average molecular weight is 168 g/mol. The second-order valence-corrected chi connectivity index (χ2v) is 2.91. The first-order valence-corrected chi connectivity index (χ1v) is 3.46. The molecule has 0 fully saturated rings. The third-order valence-electron chi connectivity index (χ3n) is 0.832. The Morgan fingerprint density at radius 2 is 1.70 bits per heavy atom. The third kappa shape index (κ3) is 11.1. The molecule has 1 atom stereocenters. The molecule has 0 bridgehead atoms. The van der Waals surface area contributed by atoms with E-state index in [0.717, 1.165) is 6.61 Å². The molecular weight excluding hydrogens is 150 g/mol. The van der Waals surface area contributed by atoms with E-state index in [9.17, 15) is 0 Å². The molecule has 1 unspecified atom stereocenters. The Morgan fingerprint density at radius 1 is 1.20 bits per heavy atom. The Balaban J connectivity index is 0. The van der Waals surface area contributed by atoms with Crippen LogP contribution in [0.5, 0.6) is 0 Å². The molecule has 0 aromatic rings. The minimum atomic E-state index is 0. The zero-order valence-corrected chi connectivity index (χ0v) is 7.78. The summed E-state index contributed by atoms with van der Waals surface area (Å²) in [6.07, 6.45) is 0. The van der Waals surface area contributed by atoms with Crippen molar-refractivity contribution in [3.8, 4) is 0 Å². The van der Waals surface area contributed by atoms with E-state index in [-0.39, 0.29) is 18.4 Å². The van der Waals surface area contributed by atoms with Crippen LogP contribution in [-0.4, -0.2) is 19.3 Å². The van der Waals surface area contributed by atoms with E-state index in [1.807, 2.05) is 6.92 Å². The van der Waals surface area contributed by atoms with Gasteiger partial charge in [0.15, 0.2) is 0 Å². The summed E-state index contributed by atoms with van der Waals surface area (Å²) in [5.41, 5.74) is 5.45. The van der Waals surface area contributed by atoms with Crippen LogP contribution in [-0.2, 0) is 4.74 Å². The van der Waals surface area contributed by atoms with Crippen LogP contribution in [0.15, 0.2) is 0 Å². The van der Waals surface area contributed by atoms with Gasteiger partial charge in [-0.25, -0.2) is 0 Å². The van der Waals surface area contributed by atoms with Gasteiger partial charge in [0.05, 0.1) is 6.61 Å². The van der Waals surface area contributed by atoms with E-state index in [2.05, 4.69) is 13.8 Å². The molecule has 0 rings (SSSR count). The standard InChI is InChI=1S/C7H17NO.ClH/c1-6(2)4-9-5-7(3)8;/h6-7H,4-5,8H2,1-3H3;1H. The van der Waals surface area contributed by atoms with Gasteiger partial charge in [0.1, 0.15) is 0 Å². The van der Waals surface area contributed by atoms with E-state index in [1.165, 1.54) is 0 Å². The third-order valence-corrected chi connectivity index (χ3v) is 0.832. The Morgan fingerprint density at radius 3 is 2.00 bits per heavy atom. The SMILES string of the molecule is CC(C)COCC(C)N.Cl. The van der Waals surface area contributed by atoms with Crippen LogP contribution >= 0.6 is 12.4 Å². The smallest absolute Gasteiger partial charge is 0.0614 e. The van der Waals surface area contributed by atoms with Crippen molar-refractivity contribution < 1.29 is 4.74 Å². The monoisotopic (exact) mass is 167 g/mol. The second-order valence-electron chi connectivity index (χ2n) is 2.91. The number of nitrogens with two attached hydrogens (primary N) is 1. The predicted molar refractivity (Wildman–Crippen MR) is 46.6 cm³/mol. The van der Waals surface area contributed by atoms with E-state index < -0.39 is 0 Å². The van der Waals surface area contributed by atoms with Crippen molar-refractivity contribution in [3.63, 3.8) is 0 Å². The van der Waals surface area contributed by atoms with Gasteiger partial charge in [0.2, 0.25) is 0 Å². The van der Waals surface area contributed by atoms with Crippen LogP contribution in [0.4, 0.5) is 0 Å². The van der Waals surface area contributed by atoms with Crippen molar-refractivity contribution in [1.29, 1.82) is 0 Å². The van der Waals surface area contributed by atoms with Gasteiger partial charge in [-0.15, -0.1) is 12.4 Å². The van der Waals surface area contributed by atoms with Gasteiger partial charge in [-0.2, -0.15) is 0 Å². The first-order chi connectivity index (χ1) is 4.13. The van der Waals surface area contributed by atoms with E-state index in [0.29, 0.717) is 12.5 Å². The first kappa shape index (κ1) is 12.8. The maximum absolute atomic E-state index is 5.45. The van der Waals surface area contributed by atoms with Gasteiger partial charge < -0.3 is 10.5 Å². The van der Waals surface area contributed by atoms with Gasteiger partial charge in [0, 0.05) is 12.6 Å². The molecule has 0 aromatic carbocycles. The molecule has 0 saturated heterocycles. The predicted octanol–water partition coefficient (Wildman–Crippen LogP) is 1.43. The van der Waals surface area contributed by atoms with Crippen LogP contribution in [0.1, 0.15) is 20.8 Å². The molecule has 64 valence electrons. The summed E-state index contributed by atoms with van der Waals surface area (Å²) >= 11 is 0. The van der Waals surface area contributed by atoms with Crippen LogP contribution in [0.25, 0.3) is 0 Å². The Hall–Kier alpha value is 0.210. The number of hydrogen-bond acceptors (Lipinski definition) is 2. The summed E-state index contributed by atoms with van der Waals surface area (Å²) in [5.74, 6) is 0.615. The highest BCUT2D eigenvalue weighted by Crippen LogP contribution is 1.92. The fraction of sp³-hybridized carbons (Fsp3) is 1.00. The molecule has 0 spiro atoms. The summed E-state index contributed by atoms with van der Waals surface area (Å²) in [6.45, 7) is 7.70. The molecule has 0 radical (unpaired) electrons. The summed E-state index contributed by atoms with van der Waals surface area (Å²) in [7, 11) is 0. The normalized spacial score (nSPS) is 12.9. The van der Waals surface area contributed by atoms with Crippen molar-refractivity contribution in [2.75, 3.05) is 13.2 Å². The fourth-order valence-corrected chi connectivity index (χ4v) is 0.490. The van der Waals surface area contributed by atoms with E-state index >= 15 is 0 Å². The number of ether oxygens (including phenoxy) is 1. The highest BCUT2D eigenvalue weighted by molar-refractivity contribution is 5.85. The van der Waals surface area contributed by atoms with Crippen LogP contribution in [0.2, 0.25) is 0 Å². The average Bonchev–Trinajstić information content (AvgIpc) is 1.63. The molecular formula is C7H18ClNO. The molecule has 0 heterocycles.